The van der Waals surface area contributed by atoms with E-state index in [4.69, 9.17) is 9.47 Å². The molecule has 2 heterocycles. The van der Waals surface area contributed by atoms with Gasteiger partial charge < -0.3 is 14.0 Å². The molecule has 7 heteroatoms. The van der Waals surface area contributed by atoms with E-state index < -0.39 is 11.6 Å². The van der Waals surface area contributed by atoms with Gasteiger partial charge in [-0.3, -0.25) is 4.90 Å². The van der Waals surface area contributed by atoms with Crippen molar-refractivity contribution in [1.82, 2.24) is 14.5 Å². The fraction of sp³-hybridized carbons (Fsp3) is 0.643. The summed E-state index contributed by atoms with van der Waals surface area (Å²) in [5, 5.41) is 0. The van der Waals surface area contributed by atoms with Crippen molar-refractivity contribution < 1.29 is 19.1 Å². The molecule has 0 saturated carbocycles. The number of rotatable bonds is 2. The van der Waals surface area contributed by atoms with Gasteiger partial charge in [0.25, 0.3) is 0 Å². The topological polar surface area (TPSA) is 73.7 Å². The number of imidazole rings is 1. The lowest BCUT2D eigenvalue weighted by Crippen LogP contribution is -2.34. The molecule has 1 amide bonds. The molecule has 21 heavy (non-hydrogen) atoms. The van der Waals surface area contributed by atoms with E-state index in [0.29, 0.717) is 25.4 Å². The molecule has 0 saturated heterocycles. The van der Waals surface area contributed by atoms with Crippen LogP contribution in [-0.2, 0) is 29.6 Å². The molecule has 1 aliphatic heterocycles. The molecule has 0 atom stereocenters. The molecular formula is C14H21N3O4. The summed E-state index contributed by atoms with van der Waals surface area (Å²) in [5.74, 6) is -0.177. The van der Waals surface area contributed by atoms with Gasteiger partial charge in [0.15, 0.2) is 0 Å². The second kappa shape index (κ2) is 5.38. The zero-order valence-electron chi connectivity index (χ0n) is 13.1. The molecule has 0 aliphatic carbocycles. The number of fused-ring (bicyclic) bond motifs is 1. The molecule has 0 spiro atoms. The van der Waals surface area contributed by atoms with Crippen molar-refractivity contribution in [1.29, 1.82) is 0 Å². The van der Waals surface area contributed by atoms with Crippen LogP contribution in [0.1, 0.15) is 49.7 Å². The average molecular weight is 295 g/mol. The highest BCUT2D eigenvalue weighted by Crippen LogP contribution is 2.25. The second-order valence-electron chi connectivity index (χ2n) is 5.94. The predicted octanol–water partition coefficient (Wildman–Crippen LogP) is 1.85. The summed E-state index contributed by atoms with van der Waals surface area (Å²) >= 11 is 0. The average Bonchev–Trinajstić information content (AvgIpc) is 2.88. The van der Waals surface area contributed by atoms with Crippen LogP contribution in [0.5, 0.6) is 0 Å². The lowest BCUT2D eigenvalue weighted by molar-refractivity contribution is 0.0237. The molecular weight excluding hydrogens is 274 g/mol. The zero-order valence-corrected chi connectivity index (χ0v) is 13.1. The molecule has 7 nitrogen and oxygen atoms in total. The third kappa shape index (κ3) is 3.17. The van der Waals surface area contributed by atoms with Crippen LogP contribution in [0.15, 0.2) is 0 Å². The summed E-state index contributed by atoms with van der Waals surface area (Å²) < 4.78 is 12.0. The first-order chi connectivity index (χ1) is 9.73. The van der Waals surface area contributed by atoms with Crippen molar-refractivity contribution in [3.05, 3.63) is 17.2 Å². The third-order valence-corrected chi connectivity index (χ3v) is 3.09. The van der Waals surface area contributed by atoms with Crippen LogP contribution >= 0.6 is 0 Å². The number of hydrogen-bond donors (Lipinski definition) is 0. The van der Waals surface area contributed by atoms with Gasteiger partial charge in [0.2, 0.25) is 5.82 Å². The molecule has 0 aromatic carbocycles. The van der Waals surface area contributed by atoms with Gasteiger partial charge in [0.1, 0.15) is 5.60 Å². The minimum atomic E-state index is -0.532. The fourth-order valence-corrected chi connectivity index (χ4v) is 2.16. The number of ether oxygens (including phenoxy) is 2. The molecule has 0 fully saturated rings. The molecule has 2 rings (SSSR count). The number of amides is 1. The Kier molecular flexibility index (Phi) is 3.93. The smallest absolute Gasteiger partial charge is 0.410 e. The Morgan fingerprint density at radius 2 is 1.95 bits per heavy atom. The third-order valence-electron chi connectivity index (χ3n) is 3.09. The monoisotopic (exact) mass is 295 g/mol. The van der Waals surface area contributed by atoms with Gasteiger partial charge in [-0.15, -0.1) is 0 Å². The number of nitrogens with zero attached hydrogens (tertiary/aromatic N) is 3. The summed E-state index contributed by atoms with van der Waals surface area (Å²) in [5.41, 5.74) is 1.02. The maximum atomic E-state index is 12.0. The molecule has 1 aliphatic rings. The minimum absolute atomic E-state index is 0.269. The van der Waals surface area contributed by atoms with Crippen molar-refractivity contribution in [3.8, 4) is 0 Å². The van der Waals surface area contributed by atoms with Crippen molar-refractivity contribution in [2.45, 2.75) is 46.4 Å². The largest absolute Gasteiger partial charge is 0.460 e. The number of hydrogen-bond acceptors (Lipinski definition) is 5. The van der Waals surface area contributed by atoms with Crippen LogP contribution in [-0.4, -0.2) is 38.7 Å². The molecule has 1 aromatic heterocycles. The molecule has 0 unspecified atom stereocenters. The van der Waals surface area contributed by atoms with E-state index in [-0.39, 0.29) is 11.9 Å². The van der Waals surface area contributed by atoms with Crippen LogP contribution < -0.4 is 0 Å². The lowest BCUT2D eigenvalue weighted by atomic mass is 10.2. The number of carbonyl (C=O) groups is 2. The number of aromatic nitrogens is 2. The molecule has 0 radical (unpaired) electrons. The van der Waals surface area contributed by atoms with Crippen molar-refractivity contribution in [2.24, 2.45) is 7.05 Å². The minimum Gasteiger partial charge on any atom is -0.460 e. The summed E-state index contributed by atoms with van der Waals surface area (Å²) in [6, 6.07) is 0. The van der Waals surface area contributed by atoms with E-state index in [1.54, 1.807) is 23.4 Å². The summed E-state index contributed by atoms with van der Waals surface area (Å²) in [7, 11) is 1.75. The number of esters is 1. The highest BCUT2D eigenvalue weighted by atomic mass is 16.6. The summed E-state index contributed by atoms with van der Waals surface area (Å²) in [6.45, 7) is 8.26. The van der Waals surface area contributed by atoms with Crippen LogP contribution in [0.25, 0.3) is 0 Å². The first-order valence-electron chi connectivity index (χ1n) is 6.92. The normalized spacial score (nSPS) is 14.0. The number of carbonyl (C=O) groups excluding carboxylic acids is 2. The first-order valence-corrected chi connectivity index (χ1v) is 6.92. The Morgan fingerprint density at radius 3 is 2.48 bits per heavy atom. The summed E-state index contributed by atoms with van der Waals surface area (Å²) in [6.07, 6.45) is -0.377. The summed E-state index contributed by atoms with van der Waals surface area (Å²) in [4.78, 5) is 29.6. The maximum absolute atomic E-state index is 12.0. The van der Waals surface area contributed by atoms with Gasteiger partial charge in [0.05, 0.1) is 31.1 Å². The Hall–Kier alpha value is -2.05. The van der Waals surface area contributed by atoms with Gasteiger partial charge in [-0.1, -0.05) is 0 Å². The van der Waals surface area contributed by atoms with E-state index in [2.05, 4.69) is 4.98 Å². The molecule has 0 bridgehead atoms. The highest BCUT2D eigenvalue weighted by molar-refractivity contribution is 5.86. The molecule has 116 valence electrons. The van der Waals surface area contributed by atoms with E-state index >= 15 is 0 Å². The molecule has 0 N–H and O–H groups in total. The Morgan fingerprint density at radius 1 is 1.29 bits per heavy atom. The van der Waals surface area contributed by atoms with Crippen LogP contribution in [0, 0.1) is 0 Å². The van der Waals surface area contributed by atoms with Gasteiger partial charge in [0, 0.05) is 7.05 Å². The SMILES string of the molecule is CCOC(=O)c1nc2c(n1C)CN(C(=O)OC(C)(C)C)C2. The Balaban J connectivity index is 2.11. The van der Waals surface area contributed by atoms with Crippen molar-refractivity contribution >= 4 is 12.1 Å². The van der Waals surface area contributed by atoms with Crippen LogP contribution in [0.3, 0.4) is 0 Å². The van der Waals surface area contributed by atoms with Crippen LogP contribution in [0.4, 0.5) is 4.79 Å². The zero-order chi connectivity index (χ0) is 15.8. The van der Waals surface area contributed by atoms with Gasteiger partial charge in [-0.25, -0.2) is 14.6 Å². The van der Waals surface area contributed by atoms with Crippen molar-refractivity contribution in [2.75, 3.05) is 6.61 Å². The quantitative estimate of drug-likeness (QED) is 0.778. The van der Waals surface area contributed by atoms with E-state index in [1.165, 1.54) is 0 Å². The van der Waals surface area contributed by atoms with Crippen molar-refractivity contribution in [3.63, 3.8) is 0 Å². The van der Waals surface area contributed by atoms with E-state index in [9.17, 15) is 9.59 Å². The predicted molar refractivity (Wildman–Crippen MR) is 74.6 cm³/mol. The standard InChI is InChI=1S/C14H21N3O4/c1-6-20-12(18)11-15-9-7-17(8-10(9)16(11)5)13(19)21-14(2,3)4/h6-8H2,1-5H3. The first kappa shape index (κ1) is 15.3. The van der Waals surface area contributed by atoms with Gasteiger partial charge in [-0.05, 0) is 27.7 Å². The van der Waals surface area contributed by atoms with E-state index in [1.807, 2.05) is 20.8 Å². The highest BCUT2D eigenvalue weighted by Gasteiger charge is 2.33. The van der Waals surface area contributed by atoms with Crippen LogP contribution in [0.2, 0.25) is 0 Å². The fourth-order valence-electron chi connectivity index (χ4n) is 2.16. The van der Waals surface area contributed by atoms with Gasteiger partial charge in [-0.2, -0.15) is 0 Å². The maximum Gasteiger partial charge on any atom is 0.410 e. The van der Waals surface area contributed by atoms with Gasteiger partial charge >= 0.3 is 12.1 Å². The van der Waals surface area contributed by atoms with E-state index in [0.717, 1.165) is 5.69 Å². The second-order valence-corrected chi connectivity index (χ2v) is 5.94. The Labute approximate surface area is 123 Å². The Bertz CT molecular complexity index is 572. The molecule has 1 aromatic rings. The lowest BCUT2D eigenvalue weighted by Gasteiger charge is -2.24.